The number of sulfonamides is 1. The van der Waals surface area contributed by atoms with Gasteiger partial charge in [-0.05, 0) is 43.7 Å². The molecule has 0 radical (unpaired) electrons. The van der Waals surface area contributed by atoms with Gasteiger partial charge in [-0.1, -0.05) is 17.7 Å². The van der Waals surface area contributed by atoms with Crippen molar-refractivity contribution in [1.29, 1.82) is 5.26 Å². The van der Waals surface area contributed by atoms with E-state index in [0.29, 0.717) is 11.4 Å². The number of hydrogen-bond donors (Lipinski definition) is 1. The lowest BCUT2D eigenvalue weighted by Crippen LogP contribution is -2.15. The number of allylic oxidation sites excluding steroid dienone is 1. The van der Waals surface area contributed by atoms with Gasteiger partial charge in [-0.25, -0.2) is 12.8 Å². The minimum atomic E-state index is -4.14. The number of nitrogens with zero attached hydrogens (tertiary/aromatic N) is 1. The van der Waals surface area contributed by atoms with E-state index in [-0.39, 0.29) is 5.56 Å². The highest BCUT2D eigenvalue weighted by molar-refractivity contribution is 7.97. The molecule has 0 atom stereocenters. The Morgan fingerprint density at radius 3 is 2.52 bits per heavy atom. The van der Waals surface area contributed by atoms with E-state index in [9.17, 15) is 18.1 Å². The quantitative estimate of drug-likeness (QED) is 0.824. The number of nitriles is 1. The van der Waals surface area contributed by atoms with Crippen LogP contribution in [0.1, 0.15) is 16.7 Å². The van der Waals surface area contributed by atoms with E-state index in [1.54, 1.807) is 25.1 Å². The molecule has 0 aliphatic heterocycles. The number of methoxy groups -OCH3 is 1. The molecule has 0 fully saturated rings. The van der Waals surface area contributed by atoms with Crippen LogP contribution in [0.2, 0.25) is 0 Å². The van der Waals surface area contributed by atoms with E-state index in [1.807, 2.05) is 13.0 Å². The van der Waals surface area contributed by atoms with Crippen LogP contribution in [0.25, 0.3) is 6.08 Å². The first-order valence-electron chi connectivity index (χ1n) is 7.32. The zero-order chi connectivity index (χ0) is 18.6. The number of nitrogens with one attached hydrogen (secondary N) is 1. The fourth-order valence-corrected chi connectivity index (χ4v) is 3.22. The molecule has 0 saturated heterocycles. The Balaban J connectivity index is 2.40. The van der Waals surface area contributed by atoms with E-state index in [2.05, 4.69) is 4.72 Å². The molecule has 0 heterocycles. The number of halogens is 1. The van der Waals surface area contributed by atoms with Crippen molar-refractivity contribution in [3.05, 3.63) is 63.8 Å². The minimum absolute atomic E-state index is 0.0247. The van der Waals surface area contributed by atoms with Gasteiger partial charge in [0, 0.05) is 11.6 Å². The lowest BCUT2D eigenvalue weighted by Gasteiger charge is -2.10. The van der Waals surface area contributed by atoms with Gasteiger partial charge in [-0.15, -0.1) is 0 Å². The maximum absolute atomic E-state index is 14.0. The van der Waals surface area contributed by atoms with Gasteiger partial charge < -0.3 is 4.74 Å². The molecule has 25 heavy (non-hydrogen) atoms. The van der Waals surface area contributed by atoms with Gasteiger partial charge >= 0.3 is 0 Å². The first-order chi connectivity index (χ1) is 11.8. The summed E-state index contributed by atoms with van der Waals surface area (Å²) in [4.78, 5) is -0.587. The molecule has 2 aromatic rings. The second-order valence-corrected chi connectivity index (χ2v) is 7.08. The maximum Gasteiger partial charge on any atom is 0.272 e. The number of aryl methyl sites for hydroxylation is 2. The Kier molecular flexibility index (Phi) is 5.45. The van der Waals surface area contributed by atoms with Gasteiger partial charge in [0.15, 0.2) is 4.91 Å². The first-order valence-corrected chi connectivity index (χ1v) is 8.80. The molecule has 0 spiro atoms. The summed E-state index contributed by atoms with van der Waals surface area (Å²) in [5.74, 6) is -0.391. The van der Waals surface area contributed by atoms with Crippen LogP contribution in [0.5, 0.6) is 5.75 Å². The smallest absolute Gasteiger partial charge is 0.272 e. The summed E-state index contributed by atoms with van der Waals surface area (Å²) < 4.78 is 46.2. The van der Waals surface area contributed by atoms with E-state index in [0.717, 1.165) is 23.3 Å². The molecule has 5 nitrogen and oxygen atoms in total. The highest BCUT2D eigenvalue weighted by Crippen LogP contribution is 2.23. The summed E-state index contributed by atoms with van der Waals surface area (Å²) >= 11 is 0. The summed E-state index contributed by atoms with van der Waals surface area (Å²) in [6.07, 6.45) is 0.987. The zero-order valence-electron chi connectivity index (χ0n) is 14.0. The molecule has 0 unspecified atom stereocenters. The predicted octanol–water partition coefficient (Wildman–Crippen LogP) is 3.76. The van der Waals surface area contributed by atoms with Crippen molar-refractivity contribution in [3.63, 3.8) is 0 Å². The van der Waals surface area contributed by atoms with Crippen molar-refractivity contribution in [2.45, 2.75) is 13.8 Å². The molecule has 2 aromatic carbocycles. The average molecular weight is 360 g/mol. The first kappa shape index (κ1) is 18.5. The summed E-state index contributed by atoms with van der Waals surface area (Å²) in [5.41, 5.74) is 2.04. The van der Waals surface area contributed by atoms with Crippen molar-refractivity contribution in [3.8, 4) is 11.8 Å². The molecule has 130 valence electrons. The monoisotopic (exact) mass is 360 g/mol. The fourth-order valence-electron chi connectivity index (χ4n) is 2.19. The predicted molar refractivity (Wildman–Crippen MR) is 95.0 cm³/mol. The molecular weight excluding hydrogens is 343 g/mol. The summed E-state index contributed by atoms with van der Waals surface area (Å²) in [5, 5.41) is 9.22. The standard InChI is InChI=1S/C18H17FN2O3S/c1-12-4-7-18(13(2)8-12)21-25(22,23)16(11-20)9-14-5-6-15(24-3)10-17(14)19/h4-10,21H,1-3H3. The number of hydrogen-bond acceptors (Lipinski definition) is 4. The molecule has 0 bridgehead atoms. The lowest BCUT2D eigenvalue weighted by atomic mass is 10.1. The Labute approximate surface area is 146 Å². The van der Waals surface area contributed by atoms with Crippen LogP contribution >= 0.6 is 0 Å². The van der Waals surface area contributed by atoms with Gasteiger partial charge in [0.25, 0.3) is 10.0 Å². The van der Waals surface area contributed by atoms with Crippen molar-refractivity contribution in [1.82, 2.24) is 0 Å². The number of benzene rings is 2. The minimum Gasteiger partial charge on any atom is -0.497 e. The van der Waals surface area contributed by atoms with Crippen LogP contribution in [0, 0.1) is 31.0 Å². The largest absolute Gasteiger partial charge is 0.497 e. The average Bonchev–Trinajstić information content (AvgIpc) is 2.56. The van der Waals surface area contributed by atoms with Gasteiger partial charge in [-0.3, -0.25) is 4.72 Å². The van der Waals surface area contributed by atoms with Crippen molar-refractivity contribution in [2.75, 3.05) is 11.8 Å². The van der Waals surface area contributed by atoms with Gasteiger partial charge in [0.2, 0.25) is 0 Å². The second kappa shape index (κ2) is 7.36. The third kappa shape index (κ3) is 4.37. The lowest BCUT2D eigenvalue weighted by molar-refractivity contribution is 0.411. The third-order valence-corrected chi connectivity index (χ3v) is 4.80. The molecule has 0 aliphatic rings. The van der Waals surface area contributed by atoms with E-state index in [1.165, 1.54) is 19.2 Å². The van der Waals surface area contributed by atoms with Crippen molar-refractivity contribution < 1.29 is 17.5 Å². The SMILES string of the molecule is COc1ccc(C=C(C#N)S(=O)(=O)Nc2ccc(C)cc2C)c(F)c1. The number of ether oxygens (including phenoxy) is 1. The van der Waals surface area contributed by atoms with Crippen LogP contribution in [0.15, 0.2) is 41.3 Å². The zero-order valence-corrected chi connectivity index (χ0v) is 14.8. The van der Waals surface area contributed by atoms with E-state index in [4.69, 9.17) is 4.74 Å². The van der Waals surface area contributed by atoms with Gasteiger partial charge in [-0.2, -0.15) is 5.26 Å². The topological polar surface area (TPSA) is 79.2 Å². The van der Waals surface area contributed by atoms with Crippen LogP contribution in [0.3, 0.4) is 0 Å². The Bertz CT molecular complexity index is 976. The fraction of sp³-hybridized carbons (Fsp3) is 0.167. The third-order valence-electron chi connectivity index (χ3n) is 3.52. The molecule has 0 saturated carbocycles. The van der Waals surface area contributed by atoms with Gasteiger partial charge in [0.1, 0.15) is 17.6 Å². The molecule has 0 aromatic heterocycles. The number of anilines is 1. The number of rotatable bonds is 5. The van der Waals surface area contributed by atoms with Crippen LogP contribution in [0.4, 0.5) is 10.1 Å². The normalized spacial score (nSPS) is 11.7. The van der Waals surface area contributed by atoms with Crippen LogP contribution in [-0.2, 0) is 10.0 Å². The second-order valence-electron chi connectivity index (χ2n) is 5.43. The molecule has 1 N–H and O–H groups in total. The Morgan fingerprint density at radius 1 is 1.24 bits per heavy atom. The van der Waals surface area contributed by atoms with Crippen LogP contribution < -0.4 is 9.46 Å². The molecule has 2 rings (SSSR count). The molecule has 7 heteroatoms. The van der Waals surface area contributed by atoms with Crippen LogP contribution in [-0.4, -0.2) is 15.5 Å². The summed E-state index contributed by atoms with van der Waals surface area (Å²) in [6.45, 7) is 3.64. The summed E-state index contributed by atoms with van der Waals surface area (Å²) in [7, 11) is -2.75. The van der Waals surface area contributed by atoms with Crippen molar-refractivity contribution >= 4 is 21.8 Å². The molecule has 0 amide bonds. The van der Waals surface area contributed by atoms with E-state index < -0.39 is 20.7 Å². The van der Waals surface area contributed by atoms with Crippen molar-refractivity contribution in [2.24, 2.45) is 0 Å². The van der Waals surface area contributed by atoms with E-state index >= 15 is 0 Å². The highest BCUT2D eigenvalue weighted by Gasteiger charge is 2.19. The maximum atomic E-state index is 14.0. The van der Waals surface area contributed by atoms with Gasteiger partial charge in [0.05, 0.1) is 12.8 Å². The Hall–Kier alpha value is -2.85. The highest BCUT2D eigenvalue weighted by atomic mass is 32.2. The molecular formula is C18H17FN2O3S. The molecule has 0 aliphatic carbocycles. The Morgan fingerprint density at radius 2 is 1.96 bits per heavy atom. The summed E-state index contributed by atoms with van der Waals surface area (Å²) in [6, 6.07) is 10.7.